The molecule has 0 spiro atoms. The van der Waals surface area contributed by atoms with Crippen molar-refractivity contribution in [1.29, 1.82) is 5.26 Å². The van der Waals surface area contributed by atoms with Gasteiger partial charge >= 0.3 is 0 Å². The number of rotatable bonds is 1. The SMILES string of the molecule is Cc1nc2c(c(-c3ccc(Cl)cc3)c1C#N)C(=O)c1ccccc1-2. The fourth-order valence-corrected chi connectivity index (χ4v) is 3.31. The van der Waals surface area contributed by atoms with E-state index in [1.54, 1.807) is 25.1 Å². The molecule has 3 aromatic rings. The molecule has 3 nitrogen and oxygen atoms in total. The molecule has 0 amide bonds. The maximum absolute atomic E-state index is 13.0. The largest absolute Gasteiger partial charge is 0.288 e. The van der Waals surface area contributed by atoms with Crippen LogP contribution >= 0.6 is 11.6 Å². The average molecular weight is 331 g/mol. The quantitative estimate of drug-likeness (QED) is 0.504. The lowest BCUT2D eigenvalue weighted by atomic mass is 9.92. The van der Waals surface area contributed by atoms with E-state index >= 15 is 0 Å². The molecule has 0 bridgehead atoms. The number of aromatic nitrogens is 1. The lowest BCUT2D eigenvalue weighted by Crippen LogP contribution is -2.04. The summed E-state index contributed by atoms with van der Waals surface area (Å²) in [5.74, 6) is -0.0884. The van der Waals surface area contributed by atoms with Gasteiger partial charge in [0.1, 0.15) is 6.07 Å². The number of hydrogen-bond acceptors (Lipinski definition) is 3. The first-order valence-corrected chi connectivity index (χ1v) is 7.84. The third-order valence-corrected chi connectivity index (χ3v) is 4.53. The van der Waals surface area contributed by atoms with Crippen LogP contribution in [0.15, 0.2) is 48.5 Å². The molecule has 0 N–H and O–H groups in total. The Labute approximate surface area is 144 Å². The first-order chi connectivity index (χ1) is 11.6. The first-order valence-electron chi connectivity index (χ1n) is 7.46. The molecule has 2 aromatic carbocycles. The van der Waals surface area contributed by atoms with Gasteiger partial charge in [-0.05, 0) is 24.6 Å². The second-order valence-electron chi connectivity index (χ2n) is 5.66. The molecule has 0 aliphatic heterocycles. The maximum Gasteiger partial charge on any atom is 0.196 e. The number of ketones is 1. The van der Waals surface area contributed by atoms with Gasteiger partial charge in [0.2, 0.25) is 0 Å². The van der Waals surface area contributed by atoms with E-state index in [-0.39, 0.29) is 5.78 Å². The predicted molar refractivity (Wildman–Crippen MR) is 93.0 cm³/mol. The summed E-state index contributed by atoms with van der Waals surface area (Å²) in [4.78, 5) is 17.5. The van der Waals surface area contributed by atoms with E-state index in [1.807, 2.05) is 30.3 Å². The maximum atomic E-state index is 13.0. The molecule has 0 saturated heterocycles. The van der Waals surface area contributed by atoms with Crippen molar-refractivity contribution in [3.8, 4) is 28.5 Å². The fourth-order valence-electron chi connectivity index (χ4n) is 3.18. The van der Waals surface area contributed by atoms with Crippen molar-refractivity contribution in [2.24, 2.45) is 0 Å². The number of halogens is 1. The monoisotopic (exact) mass is 330 g/mol. The Hall–Kier alpha value is -2.96. The minimum atomic E-state index is -0.0884. The highest BCUT2D eigenvalue weighted by Crippen LogP contribution is 2.42. The van der Waals surface area contributed by atoms with Gasteiger partial charge in [-0.25, -0.2) is 0 Å². The summed E-state index contributed by atoms with van der Waals surface area (Å²) >= 11 is 5.98. The molecule has 0 fully saturated rings. The third-order valence-electron chi connectivity index (χ3n) is 4.28. The van der Waals surface area contributed by atoms with Crippen LogP contribution in [0.2, 0.25) is 5.02 Å². The molecule has 0 saturated carbocycles. The molecule has 114 valence electrons. The highest BCUT2D eigenvalue weighted by molar-refractivity contribution is 6.30. The lowest BCUT2D eigenvalue weighted by Gasteiger charge is -2.12. The highest BCUT2D eigenvalue weighted by atomic mass is 35.5. The summed E-state index contributed by atoms with van der Waals surface area (Å²) in [6.07, 6.45) is 0. The first kappa shape index (κ1) is 14.6. The van der Waals surface area contributed by atoms with Crippen molar-refractivity contribution >= 4 is 17.4 Å². The molecular formula is C20H11ClN2O. The number of carbonyl (C=O) groups is 1. The zero-order valence-corrected chi connectivity index (χ0v) is 13.6. The van der Waals surface area contributed by atoms with Crippen LogP contribution in [0.25, 0.3) is 22.4 Å². The highest BCUT2D eigenvalue weighted by Gasteiger charge is 2.33. The number of hydrogen-bond donors (Lipinski definition) is 0. The van der Waals surface area contributed by atoms with E-state index < -0.39 is 0 Å². The molecule has 24 heavy (non-hydrogen) atoms. The summed E-state index contributed by atoms with van der Waals surface area (Å²) in [6.45, 7) is 1.80. The molecule has 1 heterocycles. The van der Waals surface area contributed by atoms with Crippen molar-refractivity contribution in [2.45, 2.75) is 6.92 Å². The molecule has 0 radical (unpaired) electrons. The zero-order chi connectivity index (χ0) is 16.8. The number of aryl methyl sites for hydroxylation is 1. The zero-order valence-electron chi connectivity index (χ0n) is 12.8. The van der Waals surface area contributed by atoms with Gasteiger partial charge in [0, 0.05) is 21.7 Å². The molecule has 4 rings (SSSR count). The van der Waals surface area contributed by atoms with Gasteiger partial charge in [0.05, 0.1) is 22.5 Å². The average Bonchev–Trinajstić information content (AvgIpc) is 2.87. The third kappa shape index (κ3) is 1.97. The van der Waals surface area contributed by atoms with Crippen LogP contribution in [0, 0.1) is 18.3 Å². The Bertz CT molecular complexity index is 1050. The van der Waals surface area contributed by atoms with Crippen molar-refractivity contribution < 1.29 is 4.79 Å². The number of carbonyl (C=O) groups excluding carboxylic acids is 1. The smallest absolute Gasteiger partial charge is 0.196 e. The van der Waals surface area contributed by atoms with E-state index in [9.17, 15) is 10.1 Å². The van der Waals surface area contributed by atoms with Gasteiger partial charge in [-0.15, -0.1) is 0 Å². The van der Waals surface area contributed by atoms with Crippen molar-refractivity contribution in [1.82, 2.24) is 4.98 Å². The van der Waals surface area contributed by atoms with Crippen molar-refractivity contribution in [3.05, 3.63) is 75.9 Å². The van der Waals surface area contributed by atoms with Gasteiger partial charge in [-0.2, -0.15) is 5.26 Å². The minimum absolute atomic E-state index is 0.0884. The van der Waals surface area contributed by atoms with Gasteiger partial charge in [-0.1, -0.05) is 48.0 Å². The topological polar surface area (TPSA) is 53.8 Å². The molecule has 0 atom stereocenters. The van der Waals surface area contributed by atoms with Crippen LogP contribution in [0.4, 0.5) is 0 Å². The Morgan fingerprint density at radius 3 is 2.33 bits per heavy atom. The normalized spacial score (nSPS) is 11.8. The van der Waals surface area contributed by atoms with Crippen molar-refractivity contribution in [2.75, 3.05) is 0 Å². The van der Waals surface area contributed by atoms with Crippen LogP contribution < -0.4 is 0 Å². The predicted octanol–water partition coefficient (Wildman–Crippen LogP) is 4.79. The second kappa shape index (κ2) is 5.30. The second-order valence-corrected chi connectivity index (χ2v) is 6.10. The van der Waals surface area contributed by atoms with E-state index in [0.29, 0.717) is 38.7 Å². The van der Waals surface area contributed by atoms with Crippen molar-refractivity contribution in [3.63, 3.8) is 0 Å². The molecule has 1 aliphatic rings. The van der Waals surface area contributed by atoms with Crippen LogP contribution in [0.5, 0.6) is 0 Å². The molecule has 1 aliphatic carbocycles. The Morgan fingerprint density at radius 2 is 1.67 bits per heavy atom. The van der Waals surface area contributed by atoms with Crippen LogP contribution in [0.3, 0.4) is 0 Å². The number of nitriles is 1. The van der Waals surface area contributed by atoms with E-state index in [2.05, 4.69) is 11.1 Å². The Morgan fingerprint density at radius 1 is 1.00 bits per heavy atom. The summed E-state index contributed by atoms with van der Waals surface area (Å²) in [6, 6.07) is 16.8. The standard InChI is InChI=1S/C20H11ClN2O/c1-11-16(10-22)17(12-6-8-13(21)9-7-12)18-19(23-11)14-4-2-3-5-15(14)20(18)24/h2-9H,1H3. The summed E-state index contributed by atoms with van der Waals surface area (Å²) in [7, 11) is 0. The minimum Gasteiger partial charge on any atom is -0.288 e. The van der Waals surface area contributed by atoms with Gasteiger partial charge in [0.25, 0.3) is 0 Å². The number of nitrogens with zero attached hydrogens (tertiary/aromatic N) is 2. The fraction of sp³-hybridized carbons (Fsp3) is 0.0500. The molecule has 1 aromatic heterocycles. The molecule has 0 unspecified atom stereocenters. The van der Waals surface area contributed by atoms with Gasteiger partial charge in [-0.3, -0.25) is 9.78 Å². The molecule has 4 heteroatoms. The molecular weight excluding hydrogens is 320 g/mol. The van der Waals surface area contributed by atoms with Gasteiger partial charge in [0.15, 0.2) is 5.78 Å². The van der Waals surface area contributed by atoms with Crippen LogP contribution in [0.1, 0.15) is 27.2 Å². The number of pyridine rings is 1. The Kier molecular flexibility index (Phi) is 3.23. The number of fused-ring (bicyclic) bond motifs is 3. The van der Waals surface area contributed by atoms with Gasteiger partial charge < -0.3 is 0 Å². The summed E-state index contributed by atoms with van der Waals surface area (Å²) in [5.41, 5.74) is 5.07. The summed E-state index contributed by atoms with van der Waals surface area (Å²) in [5, 5.41) is 10.2. The Balaban J connectivity index is 2.12. The lowest BCUT2D eigenvalue weighted by molar-refractivity contribution is 0.104. The van der Waals surface area contributed by atoms with E-state index in [4.69, 9.17) is 11.6 Å². The van der Waals surface area contributed by atoms with E-state index in [0.717, 1.165) is 11.1 Å². The van der Waals surface area contributed by atoms with E-state index in [1.165, 1.54) is 0 Å². The van der Waals surface area contributed by atoms with Crippen LogP contribution in [-0.2, 0) is 0 Å². The number of benzene rings is 2. The van der Waals surface area contributed by atoms with Crippen LogP contribution in [-0.4, -0.2) is 10.8 Å². The summed E-state index contributed by atoms with van der Waals surface area (Å²) < 4.78 is 0.